The van der Waals surface area contributed by atoms with Crippen LogP contribution in [0.5, 0.6) is 0 Å². The van der Waals surface area contributed by atoms with E-state index in [1.165, 1.54) is 0 Å². The van der Waals surface area contributed by atoms with E-state index >= 15 is 0 Å². The molecular formula is C8H15NO2S2. The van der Waals surface area contributed by atoms with Crippen molar-refractivity contribution in [2.45, 2.75) is 38.5 Å². The number of carbonyl (C=O) groups excluding carboxylic acids is 1. The van der Waals surface area contributed by atoms with Crippen LogP contribution in [0.1, 0.15) is 38.5 Å². The Kier molecular flexibility index (Phi) is 8.38. The van der Waals surface area contributed by atoms with Gasteiger partial charge in [-0.1, -0.05) is 25.1 Å². The van der Waals surface area contributed by atoms with Crippen LogP contribution in [0.4, 0.5) is 0 Å². The summed E-state index contributed by atoms with van der Waals surface area (Å²) in [5.41, 5.74) is 1.60. The molecule has 0 unspecified atom stereocenters. The lowest BCUT2D eigenvalue weighted by Crippen LogP contribution is -2.17. The highest BCUT2D eigenvalue weighted by molar-refractivity contribution is 8.11. The summed E-state index contributed by atoms with van der Waals surface area (Å²) in [5.74, 6) is -0.315. The smallest absolute Gasteiger partial charge is 0.243 e. The number of thiol groups is 1. The highest BCUT2D eigenvalue weighted by Gasteiger charge is 1.98. The van der Waals surface area contributed by atoms with E-state index in [0.717, 1.165) is 36.3 Å². The molecule has 13 heavy (non-hydrogen) atoms. The maximum Gasteiger partial charge on any atom is 0.243 e. The summed E-state index contributed by atoms with van der Waals surface area (Å²) in [5, 5.41) is 8.18. The third kappa shape index (κ3) is 9.79. The molecule has 0 rings (SSSR count). The van der Waals surface area contributed by atoms with Crippen molar-refractivity contribution >= 4 is 35.0 Å². The number of nitrogens with one attached hydrogen (secondary N) is 1. The van der Waals surface area contributed by atoms with Gasteiger partial charge in [0.15, 0.2) is 0 Å². The van der Waals surface area contributed by atoms with Gasteiger partial charge in [-0.3, -0.25) is 10.0 Å². The van der Waals surface area contributed by atoms with Gasteiger partial charge in [0.1, 0.15) is 0 Å². The first-order chi connectivity index (χ1) is 6.16. The van der Waals surface area contributed by atoms with Gasteiger partial charge in [0.25, 0.3) is 0 Å². The fraction of sp³-hybridized carbons (Fsp3) is 0.750. The third-order valence-electron chi connectivity index (χ3n) is 1.67. The van der Waals surface area contributed by atoms with Crippen LogP contribution in [0.3, 0.4) is 0 Å². The van der Waals surface area contributed by atoms with Crippen molar-refractivity contribution in [1.29, 1.82) is 0 Å². The van der Waals surface area contributed by atoms with Crippen LogP contribution in [0.15, 0.2) is 0 Å². The van der Waals surface area contributed by atoms with Crippen molar-refractivity contribution in [3.63, 3.8) is 0 Å². The Labute approximate surface area is 89.3 Å². The maximum absolute atomic E-state index is 10.6. The molecule has 3 nitrogen and oxygen atoms in total. The molecule has 0 aliphatic carbocycles. The molecule has 0 radical (unpaired) electrons. The van der Waals surface area contributed by atoms with Crippen LogP contribution in [0.2, 0.25) is 0 Å². The van der Waals surface area contributed by atoms with Gasteiger partial charge in [-0.2, -0.15) is 0 Å². The molecule has 0 atom stereocenters. The monoisotopic (exact) mass is 221 g/mol. The third-order valence-corrected chi connectivity index (χ3v) is 2.10. The van der Waals surface area contributed by atoms with Crippen molar-refractivity contribution in [3.05, 3.63) is 0 Å². The second-order valence-electron chi connectivity index (χ2n) is 2.84. The standard InChI is InChI=1S/C8H15NO2S2/c10-7(9-11)5-3-1-2-4-6-8(12)13/h11H,1-6H2,(H,9,10)(H,12,13). The molecule has 0 aliphatic heterocycles. The predicted octanol–water partition coefficient (Wildman–Crippen LogP) is 2.09. The minimum Gasteiger partial charge on any atom is -0.289 e. The van der Waals surface area contributed by atoms with Crippen molar-refractivity contribution < 1.29 is 10.0 Å². The lowest BCUT2D eigenvalue weighted by Gasteiger charge is -1.99. The van der Waals surface area contributed by atoms with E-state index in [0.29, 0.717) is 6.42 Å². The summed E-state index contributed by atoms with van der Waals surface area (Å²) >= 11 is 8.81. The van der Waals surface area contributed by atoms with E-state index in [4.69, 9.17) is 17.4 Å². The lowest BCUT2D eigenvalue weighted by atomic mass is 10.1. The van der Waals surface area contributed by atoms with Gasteiger partial charge >= 0.3 is 0 Å². The molecule has 0 aromatic heterocycles. The normalized spacial score (nSPS) is 9.69. The number of thiocarbonyl (C=S) groups is 1. The number of carbonyl (C=O) groups is 1. The van der Waals surface area contributed by atoms with Crippen molar-refractivity contribution in [2.24, 2.45) is 0 Å². The van der Waals surface area contributed by atoms with Crippen LogP contribution in [-0.4, -0.2) is 15.3 Å². The summed E-state index contributed by atoms with van der Waals surface area (Å²) in [4.78, 5) is 10.6. The molecule has 0 aliphatic rings. The SMILES string of the molecule is O=C(CCCCCCC(=S)S)NO. The Hall–Kier alpha value is -0.130. The summed E-state index contributed by atoms with van der Waals surface area (Å²) in [7, 11) is 0. The molecule has 2 N–H and O–H groups in total. The molecule has 5 heteroatoms. The molecule has 0 spiro atoms. The number of amides is 1. The van der Waals surface area contributed by atoms with Crippen LogP contribution >= 0.6 is 24.8 Å². The van der Waals surface area contributed by atoms with Gasteiger partial charge in [0, 0.05) is 10.6 Å². The van der Waals surface area contributed by atoms with Crippen LogP contribution < -0.4 is 5.48 Å². The number of hydrogen-bond donors (Lipinski definition) is 3. The van der Waals surface area contributed by atoms with Gasteiger partial charge in [0.2, 0.25) is 5.91 Å². The largest absolute Gasteiger partial charge is 0.289 e. The van der Waals surface area contributed by atoms with Crippen LogP contribution in [0, 0.1) is 0 Å². The zero-order valence-corrected chi connectivity index (χ0v) is 9.16. The molecule has 0 saturated heterocycles. The fourth-order valence-electron chi connectivity index (χ4n) is 0.971. The van der Waals surface area contributed by atoms with E-state index in [1.54, 1.807) is 5.48 Å². The Morgan fingerprint density at radius 3 is 2.23 bits per heavy atom. The highest BCUT2D eigenvalue weighted by atomic mass is 32.1. The van der Waals surface area contributed by atoms with E-state index in [-0.39, 0.29) is 5.91 Å². The molecule has 0 saturated carbocycles. The van der Waals surface area contributed by atoms with Crippen molar-refractivity contribution in [3.8, 4) is 0 Å². The van der Waals surface area contributed by atoms with Gasteiger partial charge < -0.3 is 0 Å². The molecule has 0 fully saturated rings. The molecule has 0 aromatic rings. The molecule has 0 heterocycles. The Bertz CT molecular complexity index is 174. The minimum atomic E-state index is -0.315. The summed E-state index contributed by atoms with van der Waals surface area (Å²) in [6.07, 6.45) is 5.14. The van der Waals surface area contributed by atoms with E-state index in [9.17, 15) is 4.79 Å². The number of hydrogen-bond acceptors (Lipinski definition) is 3. The fourth-order valence-corrected chi connectivity index (χ4v) is 1.27. The Balaban J connectivity index is 3.08. The number of unbranched alkanes of at least 4 members (excludes halogenated alkanes) is 3. The van der Waals surface area contributed by atoms with E-state index in [2.05, 4.69) is 12.6 Å². The van der Waals surface area contributed by atoms with Crippen molar-refractivity contribution in [1.82, 2.24) is 5.48 Å². The zero-order valence-electron chi connectivity index (χ0n) is 7.45. The molecular weight excluding hydrogens is 206 g/mol. The first kappa shape index (κ1) is 12.9. The molecule has 76 valence electrons. The predicted molar refractivity (Wildman–Crippen MR) is 59.2 cm³/mol. The average Bonchev–Trinajstić information content (AvgIpc) is 2.10. The minimum absolute atomic E-state index is 0.315. The molecule has 1 amide bonds. The molecule has 0 bridgehead atoms. The second-order valence-corrected chi connectivity index (χ2v) is 4.18. The quantitative estimate of drug-likeness (QED) is 0.203. The topological polar surface area (TPSA) is 49.3 Å². The zero-order chi connectivity index (χ0) is 10.1. The summed E-state index contributed by atoms with van der Waals surface area (Å²) in [6.45, 7) is 0. The summed E-state index contributed by atoms with van der Waals surface area (Å²) in [6, 6.07) is 0. The van der Waals surface area contributed by atoms with Crippen LogP contribution in [-0.2, 0) is 4.79 Å². The Morgan fingerprint density at radius 1 is 1.23 bits per heavy atom. The number of rotatable bonds is 7. The van der Waals surface area contributed by atoms with E-state index < -0.39 is 0 Å². The first-order valence-corrected chi connectivity index (χ1v) is 5.17. The second kappa shape index (κ2) is 8.47. The Morgan fingerprint density at radius 2 is 1.77 bits per heavy atom. The number of hydroxylamine groups is 1. The van der Waals surface area contributed by atoms with Crippen molar-refractivity contribution in [2.75, 3.05) is 0 Å². The van der Waals surface area contributed by atoms with E-state index in [1.807, 2.05) is 0 Å². The average molecular weight is 221 g/mol. The van der Waals surface area contributed by atoms with Gasteiger partial charge in [-0.05, 0) is 19.3 Å². The van der Waals surface area contributed by atoms with Gasteiger partial charge in [0.05, 0.1) is 0 Å². The van der Waals surface area contributed by atoms with Gasteiger partial charge in [-0.15, -0.1) is 12.6 Å². The highest BCUT2D eigenvalue weighted by Crippen LogP contribution is 2.07. The summed E-state index contributed by atoms with van der Waals surface area (Å²) < 4.78 is 0.744. The lowest BCUT2D eigenvalue weighted by molar-refractivity contribution is -0.129. The first-order valence-electron chi connectivity index (χ1n) is 4.31. The molecule has 0 aromatic carbocycles. The van der Waals surface area contributed by atoms with Crippen LogP contribution in [0.25, 0.3) is 0 Å². The van der Waals surface area contributed by atoms with Gasteiger partial charge in [-0.25, -0.2) is 5.48 Å². The maximum atomic E-state index is 10.6.